The zero-order chi connectivity index (χ0) is 15.9. The molecule has 3 rings (SSSR count). The van der Waals surface area contributed by atoms with Gasteiger partial charge in [-0.2, -0.15) is 0 Å². The highest BCUT2D eigenvalue weighted by Crippen LogP contribution is 2.41. The number of hydrogen-bond donors (Lipinski definition) is 2. The summed E-state index contributed by atoms with van der Waals surface area (Å²) in [5.41, 5.74) is 1.29. The molecule has 0 fully saturated rings. The molecule has 22 heavy (non-hydrogen) atoms. The van der Waals surface area contributed by atoms with E-state index < -0.39 is 6.09 Å². The van der Waals surface area contributed by atoms with Crippen LogP contribution in [-0.2, 0) is 4.74 Å². The predicted molar refractivity (Wildman–Crippen MR) is 82.7 cm³/mol. The first-order chi connectivity index (χ1) is 10.6. The smallest absolute Gasteiger partial charge is 0.412 e. The first-order valence-corrected chi connectivity index (χ1v) is 7.01. The van der Waals surface area contributed by atoms with Crippen LogP contribution in [0.4, 0.5) is 4.79 Å². The molecule has 1 aliphatic rings. The maximum absolute atomic E-state index is 12.7. The number of carbonyl (C=O) groups excluding carboxylic acids is 2. The van der Waals surface area contributed by atoms with Crippen molar-refractivity contribution in [2.75, 3.05) is 7.05 Å². The third-order valence-electron chi connectivity index (χ3n) is 3.80. The Hall–Kier alpha value is -2.82. The Bertz CT molecular complexity index is 836. The van der Waals surface area contributed by atoms with Crippen molar-refractivity contribution in [3.05, 3.63) is 47.0 Å². The van der Waals surface area contributed by atoms with E-state index in [2.05, 4.69) is 5.32 Å². The van der Waals surface area contributed by atoms with Crippen LogP contribution in [0, 0.1) is 0 Å². The molecule has 0 spiro atoms. The van der Waals surface area contributed by atoms with Crippen LogP contribution in [0.15, 0.2) is 35.9 Å². The number of carbonyl (C=O) groups is 2. The molecule has 2 N–H and O–H groups in total. The van der Waals surface area contributed by atoms with Crippen molar-refractivity contribution in [2.45, 2.75) is 13.3 Å². The molecule has 0 aliphatic heterocycles. The van der Waals surface area contributed by atoms with E-state index in [0.29, 0.717) is 22.9 Å². The van der Waals surface area contributed by atoms with Crippen molar-refractivity contribution in [1.29, 1.82) is 0 Å². The molecule has 1 aliphatic carbocycles. The number of phenols is 1. The van der Waals surface area contributed by atoms with Crippen LogP contribution in [0.25, 0.3) is 16.5 Å². The lowest BCUT2D eigenvalue weighted by atomic mass is 9.85. The van der Waals surface area contributed by atoms with Gasteiger partial charge in [-0.15, -0.1) is 0 Å². The normalized spacial score (nSPS) is 13.5. The number of Topliss-reactive ketones (excluding diaryl/α,β-unsaturated/α-hetero) is 1. The van der Waals surface area contributed by atoms with Gasteiger partial charge < -0.3 is 15.2 Å². The number of allylic oxidation sites excluding steroid dienone is 1. The number of rotatable bonds is 2. The zero-order valence-electron chi connectivity index (χ0n) is 12.3. The van der Waals surface area contributed by atoms with Gasteiger partial charge in [0.15, 0.2) is 5.78 Å². The van der Waals surface area contributed by atoms with E-state index in [4.69, 9.17) is 4.74 Å². The first-order valence-electron chi connectivity index (χ1n) is 7.01. The molecule has 0 saturated carbocycles. The number of benzene rings is 2. The number of amides is 1. The summed E-state index contributed by atoms with van der Waals surface area (Å²) in [5.74, 6) is -0.103. The zero-order valence-corrected chi connectivity index (χ0v) is 12.3. The van der Waals surface area contributed by atoms with Gasteiger partial charge in [-0.3, -0.25) is 4.79 Å². The SMILES string of the molecule is CCC1=C(OC(=O)NC)c2cccc3ccc(O)c(c23)C1=O. The highest BCUT2D eigenvalue weighted by atomic mass is 16.6. The van der Waals surface area contributed by atoms with Crippen molar-refractivity contribution in [3.8, 4) is 5.75 Å². The average molecular weight is 297 g/mol. The summed E-state index contributed by atoms with van der Waals surface area (Å²) < 4.78 is 5.33. The van der Waals surface area contributed by atoms with Gasteiger partial charge in [-0.05, 0) is 17.9 Å². The predicted octanol–water partition coefficient (Wildman–Crippen LogP) is 3.22. The second kappa shape index (κ2) is 5.18. The molecule has 5 heteroatoms. The molecule has 5 nitrogen and oxygen atoms in total. The van der Waals surface area contributed by atoms with E-state index >= 15 is 0 Å². The van der Waals surface area contributed by atoms with Crippen LogP contribution in [-0.4, -0.2) is 24.0 Å². The molecule has 2 aromatic carbocycles. The lowest BCUT2D eigenvalue weighted by molar-refractivity contribution is 0.102. The summed E-state index contributed by atoms with van der Waals surface area (Å²) in [5, 5.41) is 13.9. The quantitative estimate of drug-likeness (QED) is 0.892. The molecule has 0 unspecified atom stereocenters. The van der Waals surface area contributed by atoms with Crippen LogP contribution < -0.4 is 5.32 Å². The monoisotopic (exact) mass is 297 g/mol. The molecular weight excluding hydrogens is 282 g/mol. The first kappa shape index (κ1) is 14.1. The summed E-state index contributed by atoms with van der Waals surface area (Å²) in [6.45, 7) is 1.81. The maximum Gasteiger partial charge on any atom is 0.412 e. The van der Waals surface area contributed by atoms with Crippen molar-refractivity contribution < 1.29 is 19.4 Å². The van der Waals surface area contributed by atoms with Gasteiger partial charge in [-0.25, -0.2) is 4.79 Å². The Balaban J connectivity index is 2.36. The van der Waals surface area contributed by atoms with E-state index in [0.717, 1.165) is 5.39 Å². The summed E-state index contributed by atoms with van der Waals surface area (Å²) in [4.78, 5) is 24.3. The van der Waals surface area contributed by atoms with Crippen LogP contribution in [0.3, 0.4) is 0 Å². The van der Waals surface area contributed by atoms with Crippen LogP contribution in [0.2, 0.25) is 0 Å². The minimum absolute atomic E-state index is 0.0603. The third-order valence-corrected chi connectivity index (χ3v) is 3.80. The van der Waals surface area contributed by atoms with E-state index in [1.54, 1.807) is 12.1 Å². The topological polar surface area (TPSA) is 75.6 Å². The molecule has 0 atom stereocenters. The number of alkyl carbamates (subject to hydrolysis) is 1. The Morgan fingerprint density at radius 2 is 2.05 bits per heavy atom. The molecule has 1 amide bonds. The van der Waals surface area contributed by atoms with Gasteiger partial charge >= 0.3 is 6.09 Å². The van der Waals surface area contributed by atoms with E-state index in [9.17, 15) is 14.7 Å². The third kappa shape index (κ3) is 1.94. The van der Waals surface area contributed by atoms with E-state index in [1.165, 1.54) is 13.1 Å². The number of ketones is 1. The fourth-order valence-corrected chi connectivity index (χ4v) is 2.79. The number of nitrogens with one attached hydrogen (secondary N) is 1. The van der Waals surface area contributed by atoms with Gasteiger partial charge in [0.2, 0.25) is 0 Å². The van der Waals surface area contributed by atoms with Gasteiger partial charge in [0, 0.05) is 23.6 Å². The van der Waals surface area contributed by atoms with Gasteiger partial charge in [0.05, 0.1) is 5.56 Å². The van der Waals surface area contributed by atoms with Crippen LogP contribution in [0.1, 0.15) is 29.3 Å². The van der Waals surface area contributed by atoms with E-state index in [-0.39, 0.29) is 22.9 Å². The second-order valence-corrected chi connectivity index (χ2v) is 4.99. The van der Waals surface area contributed by atoms with Crippen LogP contribution >= 0.6 is 0 Å². The Morgan fingerprint density at radius 3 is 2.73 bits per heavy atom. The lowest BCUT2D eigenvalue weighted by Crippen LogP contribution is -2.22. The number of ether oxygens (including phenoxy) is 1. The van der Waals surface area contributed by atoms with Crippen molar-refractivity contribution in [3.63, 3.8) is 0 Å². The largest absolute Gasteiger partial charge is 0.507 e. The van der Waals surface area contributed by atoms with Gasteiger partial charge in [-0.1, -0.05) is 31.2 Å². The maximum atomic E-state index is 12.7. The second-order valence-electron chi connectivity index (χ2n) is 4.99. The van der Waals surface area contributed by atoms with Crippen molar-refractivity contribution in [2.24, 2.45) is 0 Å². The minimum atomic E-state index is -0.630. The molecule has 0 saturated heterocycles. The highest BCUT2D eigenvalue weighted by molar-refractivity contribution is 6.25. The Labute approximate surface area is 127 Å². The fraction of sp³-hybridized carbons (Fsp3) is 0.176. The molecular formula is C17H15NO4. The Morgan fingerprint density at radius 1 is 1.27 bits per heavy atom. The number of hydrogen-bond acceptors (Lipinski definition) is 4. The van der Waals surface area contributed by atoms with Crippen molar-refractivity contribution >= 4 is 28.4 Å². The molecule has 0 aromatic heterocycles. The van der Waals surface area contributed by atoms with Gasteiger partial charge in [0.25, 0.3) is 0 Å². The fourth-order valence-electron chi connectivity index (χ4n) is 2.79. The van der Waals surface area contributed by atoms with Crippen molar-refractivity contribution in [1.82, 2.24) is 5.32 Å². The Kier molecular flexibility index (Phi) is 3.33. The minimum Gasteiger partial charge on any atom is -0.507 e. The molecule has 112 valence electrons. The molecule has 0 radical (unpaired) electrons. The highest BCUT2D eigenvalue weighted by Gasteiger charge is 2.31. The summed E-state index contributed by atoms with van der Waals surface area (Å²) in [6, 6.07) is 8.71. The molecule has 0 heterocycles. The van der Waals surface area contributed by atoms with E-state index in [1.807, 2.05) is 19.1 Å². The summed E-state index contributed by atoms with van der Waals surface area (Å²) in [6.07, 6.45) is -0.232. The van der Waals surface area contributed by atoms with Gasteiger partial charge in [0.1, 0.15) is 11.5 Å². The lowest BCUT2D eigenvalue weighted by Gasteiger charge is -2.22. The number of aromatic hydroxyl groups is 1. The standard InChI is InChI=1S/C17H15NO4/c1-3-10-15(20)14-12(19)8-7-9-5-4-6-11(13(9)14)16(10)22-17(21)18-2/h4-8,19H,3H2,1-2H3,(H,18,21). The number of phenolic OH excluding ortho intramolecular Hbond substituents is 1. The summed E-state index contributed by atoms with van der Waals surface area (Å²) >= 11 is 0. The molecule has 2 aromatic rings. The molecule has 0 bridgehead atoms. The van der Waals surface area contributed by atoms with Crippen LogP contribution in [0.5, 0.6) is 5.75 Å². The summed E-state index contributed by atoms with van der Waals surface area (Å²) in [7, 11) is 1.46. The average Bonchev–Trinajstić information content (AvgIpc) is 2.53.